The second kappa shape index (κ2) is 8.09. The van der Waals surface area contributed by atoms with Gasteiger partial charge in [-0.05, 0) is 62.0 Å². The van der Waals surface area contributed by atoms with Gasteiger partial charge in [-0.2, -0.15) is 0 Å². The average molecular weight is 427 g/mol. The smallest absolute Gasteiger partial charge is 0.330 e. The fourth-order valence-electron chi connectivity index (χ4n) is 5.79. The third-order valence-corrected chi connectivity index (χ3v) is 7.20. The van der Waals surface area contributed by atoms with E-state index in [1.165, 1.54) is 0 Å². The summed E-state index contributed by atoms with van der Waals surface area (Å²) in [5.74, 6) is -2.01. The molecule has 0 aromatic heterocycles. The van der Waals surface area contributed by atoms with Gasteiger partial charge in [-0.25, -0.2) is 4.79 Å². The molecule has 7 nitrogen and oxygen atoms in total. The monoisotopic (exact) mass is 426 g/mol. The van der Waals surface area contributed by atoms with E-state index in [1.807, 2.05) is 32.0 Å². The van der Waals surface area contributed by atoms with Crippen LogP contribution in [0.3, 0.4) is 0 Å². The molecule has 3 aliphatic rings. The second-order valence-electron chi connectivity index (χ2n) is 9.54. The van der Waals surface area contributed by atoms with E-state index in [9.17, 15) is 19.2 Å². The molecule has 1 aromatic rings. The fourth-order valence-corrected chi connectivity index (χ4v) is 5.79. The lowest BCUT2D eigenvalue weighted by molar-refractivity contribution is -0.162. The molecule has 0 unspecified atom stereocenters. The molecule has 1 aliphatic heterocycles. The first-order chi connectivity index (χ1) is 14.7. The number of rotatable bonds is 6. The van der Waals surface area contributed by atoms with Gasteiger partial charge in [-0.15, -0.1) is 0 Å². The van der Waals surface area contributed by atoms with Crippen LogP contribution in [0.15, 0.2) is 18.2 Å². The van der Waals surface area contributed by atoms with E-state index in [0.717, 1.165) is 35.3 Å². The van der Waals surface area contributed by atoms with Crippen molar-refractivity contribution in [2.24, 2.45) is 29.6 Å². The molecule has 5 atom stereocenters. The van der Waals surface area contributed by atoms with Gasteiger partial charge in [0.2, 0.25) is 11.8 Å². The number of benzene rings is 1. The van der Waals surface area contributed by atoms with E-state index < -0.39 is 24.5 Å². The molecular formula is C24H30N2O5. The van der Waals surface area contributed by atoms with E-state index >= 15 is 0 Å². The van der Waals surface area contributed by atoms with Gasteiger partial charge in [0.15, 0.2) is 6.61 Å². The molecule has 0 radical (unpaired) electrons. The molecule has 3 fully saturated rings. The van der Waals surface area contributed by atoms with Gasteiger partial charge in [0.1, 0.15) is 6.04 Å². The van der Waals surface area contributed by atoms with Crippen molar-refractivity contribution < 1.29 is 23.9 Å². The number of carbonyl (C=O) groups excluding carboxylic acids is 4. The predicted octanol–water partition coefficient (Wildman–Crippen LogP) is 2.84. The quantitative estimate of drug-likeness (QED) is 0.558. The standard InChI is InChI=1S/C24H30N2O5/c1-12(2)21(26-22(28)18-15-8-9-16(10-15)19(18)23(26)29)24(30)31-11-17(27)25-20-13(3)6-5-7-14(20)4/h5-7,12,15-16,18-19,21H,8-11H2,1-4H3,(H,25,27)/t15-,16+,18-,19+,21-/m1/s1. The summed E-state index contributed by atoms with van der Waals surface area (Å²) in [4.78, 5) is 52.7. The second-order valence-corrected chi connectivity index (χ2v) is 9.54. The number of esters is 1. The van der Waals surface area contributed by atoms with Crippen molar-refractivity contribution in [3.8, 4) is 0 Å². The van der Waals surface area contributed by atoms with Crippen molar-refractivity contribution in [3.63, 3.8) is 0 Å². The van der Waals surface area contributed by atoms with Crippen molar-refractivity contribution in [2.45, 2.75) is 53.0 Å². The SMILES string of the molecule is Cc1cccc(C)c1NC(=O)COC(=O)[C@@H](C(C)C)N1C(=O)[C@@H]2[C@@H]3CC[C@@H](C3)[C@@H]2C1=O. The topological polar surface area (TPSA) is 92.8 Å². The van der Waals surface area contributed by atoms with E-state index in [2.05, 4.69) is 5.32 Å². The maximum atomic E-state index is 13.1. The molecule has 4 rings (SSSR count). The van der Waals surface area contributed by atoms with E-state index in [4.69, 9.17) is 4.74 Å². The number of aryl methyl sites for hydroxylation is 2. The summed E-state index contributed by atoms with van der Waals surface area (Å²) in [6.07, 6.45) is 2.90. The molecule has 2 bridgehead atoms. The highest BCUT2D eigenvalue weighted by Crippen LogP contribution is 2.56. The Kier molecular flexibility index (Phi) is 5.62. The summed E-state index contributed by atoms with van der Waals surface area (Å²) in [5, 5.41) is 2.78. The van der Waals surface area contributed by atoms with Gasteiger partial charge in [0.25, 0.3) is 5.91 Å². The van der Waals surface area contributed by atoms with Crippen LogP contribution in [0, 0.1) is 43.4 Å². The minimum Gasteiger partial charge on any atom is -0.454 e. The molecule has 1 aromatic carbocycles. The molecular weight excluding hydrogens is 396 g/mol. The van der Waals surface area contributed by atoms with Crippen molar-refractivity contribution in [3.05, 3.63) is 29.3 Å². The first-order valence-corrected chi connectivity index (χ1v) is 11.1. The number of hydrogen-bond donors (Lipinski definition) is 1. The van der Waals surface area contributed by atoms with Crippen molar-refractivity contribution in [1.29, 1.82) is 0 Å². The number of imide groups is 1. The Bertz CT molecular complexity index is 892. The van der Waals surface area contributed by atoms with Crippen molar-refractivity contribution >= 4 is 29.4 Å². The zero-order valence-corrected chi connectivity index (χ0v) is 18.5. The summed E-state index contributed by atoms with van der Waals surface area (Å²) in [7, 11) is 0. The summed E-state index contributed by atoms with van der Waals surface area (Å²) in [6.45, 7) is 6.87. The van der Waals surface area contributed by atoms with Crippen LogP contribution in [0.1, 0.15) is 44.2 Å². The van der Waals surface area contributed by atoms with Gasteiger partial charge in [0, 0.05) is 5.69 Å². The Balaban J connectivity index is 1.43. The Morgan fingerprint density at radius 2 is 1.61 bits per heavy atom. The summed E-state index contributed by atoms with van der Waals surface area (Å²) in [5.41, 5.74) is 2.51. The van der Waals surface area contributed by atoms with Crippen LogP contribution in [0.4, 0.5) is 5.69 Å². The molecule has 2 aliphatic carbocycles. The van der Waals surface area contributed by atoms with Crippen LogP contribution in [0.5, 0.6) is 0 Å². The highest BCUT2D eigenvalue weighted by atomic mass is 16.5. The molecule has 1 N–H and O–H groups in total. The zero-order chi connectivity index (χ0) is 22.4. The maximum absolute atomic E-state index is 13.1. The predicted molar refractivity (Wildman–Crippen MR) is 114 cm³/mol. The number of hydrogen-bond acceptors (Lipinski definition) is 5. The first-order valence-electron chi connectivity index (χ1n) is 11.1. The summed E-state index contributed by atoms with van der Waals surface area (Å²) in [6, 6.07) is 4.67. The lowest BCUT2D eigenvalue weighted by atomic mass is 9.81. The third kappa shape index (κ3) is 3.64. The lowest BCUT2D eigenvalue weighted by Gasteiger charge is -2.28. The fraction of sp³-hybridized carbons (Fsp3) is 0.583. The van der Waals surface area contributed by atoms with Gasteiger partial charge in [-0.1, -0.05) is 32.0 Å². The zero-order valence-electron chi connectivity index (χ0n) is 18.5. The number of likely N-dealkylation sites (tertiary alicyclic amines) is 1. The number of amides is 3. The third-order valence-electron chi connectivity index (χ3n) is 7.20. The molecule has 166 valence electrons. The van der Waals surface area contributed by atoms with Gasteiger partial charge in [0.05, 0.1) is 11.8 Å². The molecule has 31 heavy (non-hydrogen) atoms. The molecule has 7 heteroatoms. The minimum atomic E-state index is -1.00. The number of anilines is 1. The first kappa shape index (κ1) is 21.5. The summed E-state index contributed by atoms with van der Waals surface area (Å²) >= 11 is 0. The average Bonchev–Trinajstić information content (AvgIpc) is 3.39. The van der Waals surface area contributed by atoms with Gasteiger partial charge in [-0.3, -0.25) is 19.3 Å². The van der Waals surface area contributed by atoms with E-state index in [0.29, 0.717) is 5.69 Å². The summed E-state index contributed by atoms with van der Waals surface area (Å²) < 4.78 is 5.28. The molecule has 2 saturated carbocycles. The molecule has 3 amide bonds. The highest BCUT2D eigenvalue weighted by molar-refractivity contribution is 6.08. The number of ether oxygens (including phenoxy) is 1. The lowest BCUT2D eigenvalue weighted by Crippen LogP contribution is -2.50. The number of fused-ring (bicyclic) bond motifs is 5. The number of para-hydroxylation sites is 1. The molecule has 1 saturated heterocycles. The van der Waals surface area contributed by atoms with Crippen molar-refractivity contribution in [1.82, 2.24) is 4.90 Å². The highest BCUT2D eigenvalue weighted by Gasteiger charge is 2.62. The molecule has 0 spiro atoms. The Morgan fingerprint density at radius 3 is 2.13 bits per heavy atom. The minimum absolute atomic E-state index is 0.238. The number of carbonyl (C=O) groups is 4. The van der Waals surface area contributed by atoms with Gasteiger partial charge >= 0.3 is 5.97 Å². The van der Waals surface area contributed by atoms with Crippen LogP contribution in [0.25, 0.3) is 0 Å². The Labute approximate surface area is 182 Å². The Morgan fingerprint density at radius 1 is 1.06 bits per heavy atom. The van der Waals surface area contributed by atoms with E-state index in [1.54, 1.807) is 13.8 Å². The van der Waals surface area contributed by atoms with Crippen LogP contribution in [-0.4, -0.2) is 41.2 Å². The number of nitrogens with one attached hydrogen (secondary N) is 1. The van der Waals surface area contributed by atoms with E-state index in [-0.39, 0.29) is 41.4 Å². The van der Waals surface area contributed by atoms with Crippen molar-refractivity contribution in [2.75, 3.05) is 11.9 Å². The number of nitrogens with zero attached hydrogens (tertiary/aromatic N) is 1. The van der Waals surface area contributed by atoms with Crippen LogP contribution in [-0.2, 0) is 23.9 Å². The Hall–Kier alpha value is -2.70. The maximum Gasteiger partial charge on any atom is 0.330 e. The molecule has 1 heterocycles. The van der Waals surface area contributed by atoms with Crippen LogP contribution in [0.2, 0.25) is 0 Å². The van der Waals surface area contributed by atoms with Crippen LogP contribution >= 0.6 is 0 Å². The normalized spacial score (nSPS) is 27.6. The largest absolute Gasteiger partial charge is 0.454 e. The van der Waals surface area contributed by atoms with Gasteiger partial charge < -0.3 is 10.1 Å². The van der Waals surface area contributed by atoms with Crippen LogP contribution < -0.4 is 5.32 Å².